The lowest BCUT2D eigenvalue weighted by molar-refractivity contribution is -0.132. The molecular formula is C19H31Cl2N3O. The molecule has 0 atom stereocenters. The summed E-state index contributed by atoms with van der Waals surface area (Å²) in [6, 6.07) is 6.50. The molecule has 0 spiro atoms. The Kier molecular flexibility index (Phi) is 9.04. The molecular weight excluding hydrogens is 357 g/mol. The molecule has 1 aromatic carbocycles. The van der Waals surface area contributed by atoms with Gasteiger partial charge in [-0.1, -0.05) is 12.1 Å². The third-order valence-electron chi connectivity index (χ3n) is 5.47. The molecule has 2 heterocycles. The fourth-order valence-electron chi connectivity index (χ4n) is 3.74. The molecule has 2 aliphatic rings. The van der Waals surface area contributed by atoms with Crippen molar-refractivity contribution in [2.24, 2.45) is 5.92 Å². The monoisotopic (exact) mass is 387 g/mol. The summed E-state index contributed by atoms with van der Waals surface area (Å²) in [4.78, 5) is 17.0. The van der Waals surface area contributed by atoms with Crippen molar-refractivity contribution in [3.63, 3.8) is 0 Å². The van der Waals surface area contributed by atoms with E-state index in [0.717, 1.165) is 58.5 Å². The smallest absolute Gasteiger partial charge is 0.222 e. The van der Waals surface area contributed by atoms with Crippen molar-refractivity contribution < 1.29 is 4.79 Å². The highest BCUT2D eigenvalue weighted by molar-refractivity contribution is 5.85. The van der Waals surface area contributed by atoms with E-state index in [4.69, 9.17) is 0 Å². The van der Waals surface area contributed by atoms with Crippen LogP contribution in [0.3, 0.4) is 0 Å². The van der Waals surface area contributed by atoms with E-state index in [0.29, 0.717) is 11.8 Å². The molecule has 0 aromatic heterocycles. The summed E-state index contributed by atoms with van der Waals surface area (Å²) in [6.45, 7) is 10.1. The number of hydrogen-bond acceptors (Lipinski definition) is 3. The molecule has 142 valence electrons. The molecule has 2 fully saturated rings. The molecule has 4 nitrogen and oxygen atoms in total. The van der Waals surface area contributed by atoms with Crippen molar-refractivity contribution in [3.8, 4) is 0 Å². The van der Waals surface area contributed by atoms with Gasteiger partial charge in [-0.25, -0.2) is 0 Å². The van der Waals surface area contributed by atoms with E-state index in [2.05, 4.69) is 47.2 Å². The number of carbonyl (C=O) groups is 1. The van der Waals surface area contributed by atoms with Gasteiger partial charge in [-0.2, -0.15) is 0 Å². The van der Waals surface area contributed by atoms with Gasteiger partial charge >= 0.3 is 0 Å². The van der Waals surface area contributed by atoms with Crippen LogP contribution in [-0.2, 0) is 4.79 Å². The molecule has 2 aliphatic heterocycles. The van der Waals surface area contributed by atoms with Crippen molar-refractivity contribution in [2.45, 2.75) is 33.1 Å². The number of piperazine rings is 1. The maximum absolute atomic E-state index is 12.5. The average molecular weight is 388 g/mol. The van der Waals surface area contributed by atoms with Crippen LogP contribution in [0.4, 0.5) is 5.69 Å². The zero-order chi connectivity index (χ0) is 16.2. The highest BCUT2D eigenvalue weighted by atomic mass is 35.5. The van der Waals surface area contributed by atoms with Gasteiger partial charge in [-0.15, -0.1) is 24.8 Å². The standard InChI is InChI=1S/C19H29N3O.2ClH/c1-15-4-3-5-18(16(15)2)21-10-12-22(13-11-21)19(23)14-17-6-8-20-9-7-17;;/h3-5,17,20H,6-14H2,1-2H3;2*1H. The van der Waals surface area contributed by atoms with E-state index in [1.165, 1.54) is 16.8 Å². The molecule has 0 unspecified atom stereocenters. The van der Waals surface area contributed by atoms with Gasteiger partial charge in [-0.3, -0.25) is 4.79 Å². The van der Waals surface area contributed by atoms with Crippen LogP contribution in [0.5, 0.6) is 0 Å². The largest absolute Gasteiger partial charge is 0.368 e. The van der Waals surface area contributed by atoms with Crippen LogP contribution >= 0.6 is 24.8 Å². The van der Waals surface area contributed by atoms with Crippen molar-refractivity contribution >= 4 is 36.4 Å². The minimum absolute atomic E-state index is 0. The van der Waals surface area contributed by atoms with Crippen LogP contribution in [0.1, 0.15) is 30.4 Å². The summed E-state index contributed by atoms with van der Waals surface area (Å²) in [5.74, 6) is 0.943. The predicted octanol–water partition coefficient (Wildman–Crippen LogP) is 3.19. The highest BCUT2D eigenvalue weighted by Crippen LogP contribution is 2.24. The number of benzene rings is 1. The zero-order valence-electron chi connectivity index (χ0n) is 15.3. The number of nitrogens with one attached hydrogen (secondary N) is 1. The molecule has 0 bridgehead atoms. The molecule has 0 aliphatic carbocycles. The maximum Gasteiger partial charge on any atom is 0.222 e. The van der Waals surface area contributed by atoms with Gasteiger partial charge in [0, 0.05) is 38.3 Å². The number of rotatable bonds is 3. The first-order valence-electron chi connectivity index (χ1n) is 8.95. The third kappa shape index (κ3) is 5.50. The van der Waals surface area contributed by atoms with Crippen molar-refractivity contribution in [1.29, 1.82) is 0 Å². The first-order valence-corrected chi connectivity index (χ1v) is 8.95. The first-order chi connectivity index (χ1) is 11.1. The topological polar surface area (TPSA) is 35.6 Å². The number of carbonyl (C=O) groups excluding carboxylic acids is 1. The quantitative estimate of drug-likeness (QED) is 0.864. The highest BCUT2D eigenvalue weighted by Gasteiger charge is 2.25. The predicted molar refractivity (Wildman–Crippen MR) is 109 cm³/mol. The minimum atomic E-state index is 0. The number of anilines is 1. The Labute approximate surface area is 164 Å². The van der Waals surface area contributed by atoms with Gasteiger partial charge in [-0.05, 0) is 62.9 Å². The lowest BCUT2D eigenvalue weighted by Crippen LogP contribution is -2.49. The first kappa shape index (κ1) is 22.1. The normalized spacial score (nSPS) is 18.3. The Morgan fingerprint density at radius 3 is 2.36 bits per heavy atom. The summed E-state index contributed by atoms with van der Waals surface area (Å²) in [5.41, 5.74) is 4.03. The van der Waals surface area contributed by atoms with Crippen LogP contribution in [0.25, 0.3) is 0 Å². The maximum atomic E-state index is 12.5. The van der Waals surface area contributed by atoms with Crippen molar-refractivity contribution in [2.75, 3.05) is 44.2 Å². The molecule has 0 saturated carbocycles. The molecule has 2 saturated heterocycles. The number of nitrogens with zero attached hydrogens (tertiary/aromatic N) is 2. The molecule has 1 amide bonds. The number of piperidine rings is 1. The molecule has 25 heavy (non-hydrogen) atoms. The second-order valence-electron chi connectivity index (χ2n) is 6.98. The van der Waals surface area contributed by atoms with E-state index < -0.39 is 0 Å². The number of hydrogen-bond donors (Lipinski definition) is 1. The second kappa shape index (κ2) is 10.2. The van der Waals surface area contributed by atoms with E-state index in [-0.39, 0.29) is 24.8 Å². The average Bonchev–Trinajstić information content (AvgIpc) is 2.58. The Morgan fingerprint density at radius 2 is 1.72 bits per heavy atom. The lowest BCUT2D eigenvalue weighted by atomic mass is 9.94. The fraction of sp³-hybridized carbons (Fsp3) is 0.632. The van der Waals surface area contributed by atoms with Gasteiger partial charge in [0.15, 0.2) is 0 Å². The lowest BCUT2D eigenvalue weighted by Gasteiger charge is -2.37. The third-order valence-corrected chi connectivity index (χ3v) is 5.47. The summed E-state index contributed by atoms with van der Waals surface area (Å²) in [7, 11) is 0. The van der Waals surface area contributed by atoms with Gasteiger partial charge in [0.05, 0.1) is 0 Å². The van der Waals surface area contributed by atoms with E-state index in [1.54, 1.807) is 0 Å². The van der Waals surface area contributed by atoms with Crippen LogP contribution < -0.4 is 10.2 Å². The van der Waals surface area contributed by atoms with Crippen molar-refractivity contribution in [1.82, 2.24) is 10.2 Å². The van der Waals surface area contributed by atoms with Crippen LogP contribution in [0, 0.1) is 19.8 Å². The van der Waals surface area contributed by atoms with Gasteiger partial charge in [0.25, 0.3) is 0 Å². The van der Waals surface area contributed by atoms with E-state index >= 15 is 0 Å². The van der Waals surface area contributed by atoms with Gasteiger partial charge in [0.1, 0.15) is 0 Å². The summed E-state index contributed by atoms with van der Waals surface area (Å²) in [5, 5.41) is 3.37. The Bertz CT molecular complexity index is 554. The Morgan fingerprint density at radius 1 is 1.08 bits per heavy atom. The summed E-state index contributed by atoms with van der Waals surface area (Å²) < 4.78 is 0. The minimum Gasteiger partial charge on any atom is -0.368 e. The number of amides is 1. The van der Waals surface area contributed by atoms with Crippen LogP contribution in [0.2, 0.25) is 0 Å². The fourth-order valence-corrected chi connectivity index (χ4v) is 3.74. The van der Waals surface area contributed by atoms with Crippen molar-refractivity contribution in [3.05, 3.63) is 29.3 Å². The molecule has 6 heteroatoms. The van der Waals surface area contributed by atoms with Gasteiger partial charge < -0.3 is 15.1 Å². The SMILES string of the molecule is Cc1cccc(N2CCN(C(=O)CC3CCNCC3)CC2)c1C.Cl.Cl. The zero-order valence-corrected chi connectivity index (χ0v) is 16.9. The summed E-state index contributed by atoms with van der Waals surface area (Å²) >= 11 is 0. The molecule has 0 radical (unpaired) electrons. The van der Waals surface area contributed by atoms with E-state index in [1.807, 2.05) is 0 Å². The number of aryl methyl sites for hydroxylation is 1. The Hall–Kier alpha value is -0.970. The second-order valence-corrected chi connectivity index (χ2v) is 6.98. The summed E-state index contributed by atoms with van der Waals surface area (Å²) in [6.07, 6.45) is 3.04. The molecule has 1 N–H and O–H groups in total. The van der Waals surface area contributed by atoms with Crippen LogP contribution in [-0.4, -0.2) is 50.1 Å². The van der Waals surface area contributed by atoms with Crippen LogP contribution in [0.15, 0.2) is 18.2 Å². The van der Waals surface area contributed by atoms with E-state index in [9.17, 15) is 4.79 Å². The van der Waals surface area contributed by atoms with Gasteiger partial charge in [0.2, 0.25) is 5.91 Å². The molecule has 1 aromatic rings. The Balaban J connectivity index is 0.00000156. The number of halogens is 2. The molecule has 3 rings (SSSR count).